The lowest BCUT2D eigenvalue weighted by Crippen LogP contribution is -2.31. The van der Waals surface area contributed by atoms with E-state index in [2.05, 4.69) is 0 Å². The first kappa shape index (κ1) is 18.0. The number of ketones is 1. The first-order valence-corrected chi connectivity index (χ1v) is 8.66. The van der Waals surface area contributed by atoms with Crippen LogP contribution in [0.15, 0.2) is 46.1 Å². The molecule has 1 aromatic heterocycles. The summed E-state index contributed by atoms with van der Waals surface area (Å²) >= 11 is 0. The number of benzene rings is 1. The predicted molar refractivity (Wildman–Crippen MR) is 99.1 cm³/mol. The Bertz CT molecular complexity index is 900. The van der Waals surface area contributed by atoms with Gasteiger partial charge in [0, 0.05) is 11.6 Å². The average molecular weight is 353 g/mol. The van der Waals surface area contributed by atoms with Crippen molar-refractivity contribution in [2.75, 3.05) is 4.90 Å². The van der Waals surface area contributed by atoms with Crippen LogP contribution in [0.25, 0.3) is 0 Å². The van der Waals surface area contributed by atoms with Crippen molar-refractivity contribution in [2.45, 2.75) is 40.7 Å². The molecule has 0 fully saturated rings. The predicted octanol–water partition coefficient (Wildman–Crippen LogP) is 4.33. The maximum absolute atomic E-state index is 12.9. The molecule has 1 aliphatic heterocycles. The first-order valence-electron chi connectivity index (χ1n) is 8.66. The monoisotopic (exact) mass is 353 g/mol. The number of carbonyl (C=O) groups excluding carboxylic acids is 2. The molecule has 0 aliphatic carbocycles. The zero-order valence-electron chi connectivity index (χ0n) is 15.7. The van der Waals surface area contributed by atoms with Crippen LogP contribution in [-0.4, -0.2) is 16.8 Å². The summed E-state index contributed by atoms with van der Waals surface area (Å²) in [6, 6.07) is 8.49. The zero-order chi connectivity index (χ0) is 19.2. The Morgan fingerprint density at radius 1 is 1.12 bits per heavy atom. The Morgan fingerprint density at radius 3 is 2.23 bits per heavy atom. The van der Waals surface area contributed by atoms with Gasteiger partial charge in [-0.3, -0.25) is 14.5 Å². The Kier molecular flexibility index (Phi) is 4.48. The molecule has 0 saturated heterocycles. The van der Waals surface area contributed by atoms with E-state index >= 15 is 0 Å². The van der Waals surface area contributed by atoms with Crippen LogP contribution < -0.4 is 4.90 Å². The molecule has 0 radical (unpaired) electrons. The number of nitrogens with zero attached hydrogens (tertiary/aromatic N) is 1. The fourth-order valence-corrected chi connectivity index (χ4v) is 3.39. The molecule has 0 saturated carbocycles. The lowest BCUT2D eigenvalue weighted by molar-refractivity contribution is -0.119. The summed E-state index contributed by atoms with van der Waals surface area (Å²) in [5.74, 6) is -0.557. The molecule has 0 bridgehead atoms. The molecular weight excluding hydrogens is 330 g/mol. The Labute approximate surface area is 152 Å². The fourth-order valence-electron chi connectivity index (χ4n) is 3.39. The van der Waals surface area contributed by atoms with Gasteiger partial charge in [-0.1, -0.05) is 19.9 Å². The van der Waals surface area contributed by atoms with Crippen molar-refractivity contribution in [3.63, 3.8) is 0 Å². The van der Waals surface area contributed by atoms with Gasteiger partial charge in [0.15, 0.2) is 11.5 Å². The van der Waals surface area contributed by atoms with Crippen LogP contribution in [0.5, 0.6) is 0 Å². The van der Waals surface area contributed by atoms with Crippen LogP contribution in [-0.2, 0) is 9.59 Å². The van der Waals surface area contributed by atoms with E-state index in [0.717, 1.165) is 11.1 Å². The number of aliphatic hydroxyl groups excluding tert-OH is 1. The minimum absolute atomic E-state index is 0.0958. The number of aliphatic hydroxyl groups is 1. The maximum Gasteiger partial charge on any atom is 0.294 e. The quantitative estimate of drug-likeness (QED) is 0.888. The number of anilines is 1. The first-order chi connectivity index (χ1) is 12.2. The highest BCUT2D eigenvalue weighted by Crippen LogP contribution is 2.42. The van der Waals surface area contributed by atoms with Crippen molar-refractivity contribution >= 4 is 17.4 Å². The van der Waals surface area contributed by atoms with Crippen molar-refractivity contribution in [1.29, 1.82) is 0 Å². The summed E-state index contributed by atoms with van der Waals surface area (Å²) in [6.07, 6.45) is 0. The molecule has 1 aliphatic rings. The van der Waals surface area contributed by atoms with E-state index in [1.165, 1.54) is 4.90 Å². The minimum atomic E-state index is -0.771. The van der Waals surface area contributed by atoms with Gasteiger partial charge in [0.1, 0.15) is 17.6 Å². The van der Waals surface area contributed by atoms with Gasteiger partial charge in [-0.05, 0) is 56.2 Å². The molecule has 3 rings (SSSR count). The second-order valence-corrected chi connectivity index (χ2v) is 7.15. The van der Waals surface area contributed by atoms with Crippen molar-refractivity contribution in [3.05, 3.63) is 64.3 Å². The van der Waals surface area contributed by atoms with Crippen molar-refractivity contribution < 1.29 is 19.1 Å². The lowest BCUT2D eigenvalue weighted by atomic mass is 9.94. The van der Waals surface area contributed by atoms with Gasteiger partial charge >= 0.3 is 0 Å². The second kappa shape index (κ2) is 6.48. The molecule has 5 heteroatoms. The lowest BCUT2D eigenvalue weighted by Gasteiger charge is -2.26. The van der Waals surface area contributed by atoms with Crippen molar-refractivity contribution in [3.8, 4) is 0 Å². The topological polar surface area (TPSA) is 70.8 Å². The molecule has 2 aromatic rings. The van der Waals surface area contributed by atoms with Gasteiger partial charge in [-0.25, -0.2) is 0 Å². The van der Waals surface area contributed by atoms with Gasteiger partial charge in [-0.2, -0.15) is 0 Å². The van der Waals surface area contributed by atoms with E-state index in [1.54, 1.807) is 32.9 Å². The Balaban J connectivity index is 2.20. The molecule has 1 atom stereocenters. The van der Waals surface area contributed by atoms with E-state index in [9.17, 15) is 14.7 Å². The minimum Gasteiger partial charge on any atom is -0.503 e. The Hall–Kier alpha value is -2.82. The van der Waals surface area contributed by atoms with Gasteiger partial charge in [0.25, 0.3) is 5.91 Å². The molecule has 5 nitrogen and oxygen atoms in total. The maximum atomic E-state index is 12.9. The largest absolute Gasteiger partial charge is 0.503 e. The highest BCUT2D eigenvalue weighted by atomic mass is 16.3. The number of hydrogen-bond donors (Lipinski definition) is 1. The number of aryl methyl sites for hydroxylation is 3. The third kappa shape index (κ3) is 2.94. The molecule has 1 aromatic carbocycles. The molecule has 1 N–H and O–H groups in total. The third-order valence-electron chi connectivity index (χ3n) is 4.51. The van der Waals surface area contributed by atoms with Gasteiger partial charge in [0.05, 0.1) is 5.57 Å². The highest BCUT2D eigenvalue weighted by molar-refractivity contribution is 6.16. The smallest absolute Gasteiger partial charge is 0.294 e. The van der Waals surface area contributed by atoms with Crippen LogP contribution in [0.3, 0.4) is 0 Å². The summed E-state index contributed by atoms with van der Waals surface area (Å²) in [7, 11) is 0. The fraction of sp³-hybridized carbons (Fsp3) is 0.333. The summed E-state index contributed by atoms with van der Waals surface area (Å²) < 4.78 is 5.75. The van der Waals surface area contributed by atoms with Crippen molar-refractivity contribution in [1.82, 2.24) is 0 Å². The number of amides is 1. The van der Waals surface area contributed by atoms with Gasteiger partial charge < -0.3 is 9.52 Å². The van der Waals surface area contributed by atoms with E-state index in [4.69, 9.17) is 4.42 Å². The molecule has 136 valence electrons. The summed E-state index contributed by atoms with van der Waals surface area (Å²) in [4.78, 5) is 27.1. The SMILES string of the molecule is Cc1cc(C)cc(N2C(=O)C(O)=C(C(=O)C(C)C)C2c2ccc(C)o2)c1. The van der Waals surface area contributed by atoms with Gasteiger partial charge in [0.2, 0.25) is 0 Å². The Morgan fingerprint density at radius 2 is 1.73 bits per heavy atom. The molecule has 26 heavy (non-hydrogen) atoms. The molecule has 2 heterocycles. The van der Waals surface area contributed by atoms with Crippen LogP contribution >= 0.6 is 0 Å². The summed E-state index contributed by atoms with van der Waals surface area (Å²) in [6.45, 7) is 9.18. The normalized spacial score (nSPS) is 17.5. The van der Waals surface area contributed by atoms with E-state index in [-0.39, 0.29) is 17.3 Å². The molecular formula is C21H23NO4. The summed E-state index contributed by atoms with van der Waals surface area (Å²) in [5, 5.41) is 10.5. The number of Topliss-reactive ketones (excluding diaryl/α,β-unsaturated/α-hetero) is 1. The number of hydrogen-bond acceptors (Lipinski definition) is 4. The van der Waals surface area contributed by atoms with Crippen LogP contribution in [0.2, 0.25) is 0 Å². The molecule has 0 spiro atoms. The molecule has 1 unspecified atom stereocenters. The summed E-state index contributed by atoms with van der Waals surface area (Å²) in [5.41, 5.74) is 2.71. The van der Waals surface area contributed by atoms with Crippen LogP contribution in [0, 0.1) is 26.7 Å². The highest BCUT2D eigenvalue weighted by Gasteiger charge is 2.46. The second-order valence-electron chi connectivity index (χ2n) is 7.15. The molecule has 1 amide bonds. The van der Waals surface area contributed by atoms with Crippen LogP contribution in [0.1, 0.15) is 42.5 Å². The zero-order valence-corrected chi connectivity index (χ0v) is 15.7. The van der Waals surface area contributed by atoms with E-state index in [0.29, 0.717) is 17.2 Å². The van der Waals surface area contributed by atoms with E-state index in [1.807, 2.05) is 32.0 Å². The van der Waals surface area contributed by atoms with Crippen molar-refractivity contribution in [2.24, 2.45) is 5.92 Å². The number of carbonyl (C=O) groups is 2. The van der Waals surface area contributed by atoms with E-state index < -0.39 is 17.7 Å². The number of furan rings is 1. The van der Waals surface area contributed by atoms with Gasteiger partial charge in [-0.15, -0.1) is 0 Å². The standard InChI is InChI=1S/C21H23NO4/c1-11(2)19(23)17-18(16-7-6-14(5)26-16)22(21(25)20(17)24)15-9-12(3)8-13(4)10-15/h6-11,18,24H,1-5H3. The average Bonchev–Trinajstić information content (AvgIpc) is 3.08. The van der Waals surface area contributed by atoms with Crippen LogP contribution in [0.4, 0.5) is 5.69 Å². The number of rotatable bonds is 4. The third-order valence-corrected chi connectivity index (χ3v) is 4.51.